The van der Waals surface area contributed by atoms with Crippen LogP contribution in [-0.4, -0.2) is 29.2 Å². The first-order valence-electron chi connectivity index (χ1n) is 19.2. The number of hydrogen-bond donors (Lipinski definition) is 0. The summed E-state index contributed by atoms with van der Waals surface area (Å²) in [6, 6.07) is 37.8. The van der Waals surface area contributed by atoms with Crippen LogP contribution in [0.5, 0.6) is 0 Å². The number of anilines is 2. The van der Waals surface area contributed by atoms with Gasteiger partial charge in [-0.1, -0.05) is 128 Å². The number of amidine groups is 2. The molecule has 5 aliphatic rings. The molecule has 5 heteroatoms. The molecule has 10 rings (SSSR count). The van der Waals surface area contributed by atoms with E-state index < -0.39 is 0 Å². The average Bonchev–Trinajstić information content (AvgIpc) is 3.68. The third-order valence-electron chi connectivity index (χ3n) is 12.5. The Hall–Kier alpha value is -5.52. The Labute approximate surface area is 322 Å². The van der Waals surface area contributed by atoms with E-state index in [2.05, 4.69) is 189 Å². The fourth-order valence-corrected chi connectivity index (χ4v) is 10.7. The van der Waals surface area contributed by atoms with Crippen LogP contribution < -0.4 is 4.90 Å². The Kier molecular flexibility index (Phi) is 7.51. The van der Waals surface area contributed by atoms with E-state index in [1.807, 2.05) is 11.3 Å². The van der Waals surface area contributed by atoms with Gasteiger partial charge in [0.15, 0.2) is 5.84 Å². The maximum atomic E-state index is 5.41. The van der Waals surface area contributed by atoms with Gasteiger partial charge in [0.1, 0.15) is 12.0 Å². The van der Waals surface area contributed by atoms with Crippen molar-refractivity contribution in [3.05, 3.63) is 178 Å². The highest BCUT2D eigenvalue weighted by molar-refractivity contribution is 7.19. The van der Waals surface area contributed by atoms with E-state index in [0.29, 0.717) is 0 Å². The first kappa shape index (κ1) is 33.1. The standard InChI is InChI=1S/C49H44N4S/c1-47(35-15-7-5-8-16-35)29-25-33(26-30-47)44-50-45(52(4)46(51-44)48(2)27-13-6-14-28-48)34-21-23-36(24-22-34)53-41-19-11-9-18-38(41)40-31-39-37-17-10-12-20-42(37)54-43(39)32-49(40,53)3/h5-27,29,31,45H,28,30,32H2,1-4H3. The van der Waals surface area contributed by atoms with Crippen molar-refractivity contribution in [2.24, 2.45) is 15.4 Å². The Morgan fingerprint density at radius 1 is 0.778 bits per heavy atom. The van der Waals surface area contributed by atoms with E-state index in [9.17, 15) is 0 Å². The number of aliphatic imine (C=N–C) groups is 2. The third-order valence-corrected chi connectivity index (χ3v) is 13.6. The number of benzene rings is 4. The van der Waals surface area contributed by atoms with Crippen molar-refractivity contribution in [1.29, 1.82) is 0 Å². The molecule has 0 bridgehead atoms. The zero-order valence-electron chi connectivity index (χ0n) is 31.3. The molecule has 54 heavy (non-hydrogen) atoms. The van der Waals surface area contributed by atoms with E-state index in [1.54, 1.807) is 0 Å². The molecule has 5 aromatic rings. The molecule has 3 aliphatic carbocycles. The van der Waals surface area contributed by atoms with Crippen LogP contribution in [0.4, 0.5) is 11.4 Å². The number of thiophene rings is 1. The Morgan fingerprint density at radius 2 is 1.56 bits per heavy atom. The van der Waals surface area contributed by atoms with Crippen LogP contribution in [0.3, 0.4) is 0 Å². The topological polar surface area (TPSA) is 31.2 Å². The highest BCUT2D eigenvalue weighted by Gasteiger charge is 2.48. The van der Waals surface area contributed by atoms with Gasteiger partial charge >= 0.3 is 0 Å². The van der Waals surface area contributed by atoms with Gasteiger partial charge < -0.3 is 9.80 Å². The minimum Gasteiger partial charge on any atom is -0.337 e. The van der Waals surface area contributed by atoms with Crippen molar-refractivity contribution in [2.45, 2.75) is 57.2 Å². The van der Waals surface area contributed by atoms with Crippen LogP contribution in [0.15, 0.2) is 161 Å². The van der Waals surface area contributed by atoms with Crippen LogP contribution >= 0.6 is 11.3 Å². The average molecular weight is 721 g/mol. The number of para-hydroxylation sites is 1. The Balaban J connectivity index is 1.02. The van der Waals surface area contributed by atoms with Gasteiger partial charge in [-0.05, 0) is 84.7 Å². The van der Waals surface area contributed by atoms with E-state index in [-0.39, 0.29) is 22.5 Å². The van der Waals surface area contributed by atoms with Gasteiger partial charge in [0, 0.05) is 56.4 Å². The second-order valence-electron chi connectivity index (χ2n) is 16.1. The summed E-state index contributed by atoms with van der Waals surface area (Å²) in [6.07, 6.45) is 20.8. The molecule has 4 unspecified atom stereocenters. The van der Waals surface area contributed by atoms with Gasteiger partial charge in [0.25, 0.3) is 0 Å². The van der Waals surface area contributed by atoms with Crippen molar-refractivity contribution < 1.29 is 0 Å². The zero-order chi connectivity index (χ0) is 36.7. The Bertz CT molecular complexity index is 2550. The van der Waals surface area contributed by atoms with E-state index in [0.717, 1.165) is 42.1 Å². The normalized spacial score (nSPS) is 26.9. The molecular weight excluding hydrogens is 677 g/mol. The fraction of sp³-hybridized carbons (Fsp3) is 0.224. The van der Waals surface area contributed by atoms with E-state index in [1.165, 1.54) is 48.6 Å². The van der Waals surface area contributed by atoms with E-state index >= 15 is 0 Å². The second kappa shape index (κ2) is 12.3. The first-order valence-corrected chi connectivity index (χ1v) is 20.0. The molecule has 0 spiro atoms. The molecule has 0 saturated heterocycles. The Morgan fingerprint density at radius 3 is 2.33 bits per heavy atom. The molecular formula is C49H44N4S. The lowest BCUT2D eigenvalue weighted by Crippen LogP contribution is -2.44. The summed E-state index contributed by atoms with van der Waals surface area (Å²) in [6.45, 7) is 7.04. The summed E-state index contributed by atoms with van der Waals surface area (Å²) in [5.74, 6) is 1.86. The molecule has 4 nitrogen and oxygen atoms in total. The lowest BCUT2D eigenvalue weighted by atomic mass is 9.76. The van der Waals surface area contributed by atoms with Crippen molar-refractivity contribution in [2.75, 3.05) is 11.9 Å². The minimum atomic E-state index is -0.233. The van der Waals surface area contributed by atoms with Gasteiger partial charge in [0.2, 0.25) is 0 Å². The number of rotatable bonds is 5. The summed E-state index contributed by atoms with van der Waals surface area (Å²) in [4.78, 5) is 17.1. The summed E-state index contributed by atoms with van der Waals surface area (Å²) >= 11 is 1.95. The highest BCUT2D eigenvalue weighted by atomic mass is 32.1. The maximum absolute atomic E-state index is 5.41. The number of fused-ring (bicyclic) bond motifs is 6. The smallest absolute Gasteiger partial charge is 0.158 e. The number of nitrogens with zero attached hydrogens (tertiary/aromatic N) is 4. The molecule has 266 valence electrons. The molecule has 3 heterocycles. The predicted octanol–water partition coefficient (Wildman–Crippen LogP) is 12.0. The van der Waals surface area contributed by atoms with Crippen molar-refractivity contribution in [3.8, 4) is 0 Å². The molecule has 4 atom stereocenters. The number of allylic oxidation sites excluding steroid dienone is 5. The van der Waals surface area contributed by atoms with Crippen LogP contribution in [-0.2, 0) is 11.8 Å². The summed E-state index contributed by atoms with van der Waals surface area (Å²) < 4.78 is 1.37. The summed E-state index contributed by atoms with van der Waals surface area (Å²) in [5, 5.41) is 1.37. The van der Waals surface area contributed by atoms with Crippen LogP contribution in [0.2, 0.25) is 0 Å². The molecule has 0 saturated carbocycles. The summed E-state index contributed by atoms with van der Waals surface area (Å²) in [5.41, 5.74) is 9.67. The van der Waals surface area contributed by atoms with Crippen LogP contribution in [0.1, 0.15) is 66.9 Å². The van der Waals surface area contributed by atoms with Gasteiger partial charge in [-0.15, -0.1) is 11.3 Å². The monoisotopic (exact) mass is 720 g/mol. The van der Waals surface area contributed by atoms with Crippen molar-refractivity contribution in [1.82, 2.24) is 4.90 Å². The number of hydrogen-bond acceptors (Lipinski definition) is 5. The molecule has 0 radical (unpaired) electrons. The molecule has 2 aliphatic heterocycles. The van der Waals surface area contributed by atoms with Gasteiger partial charge in [-0.3, -0.25) is 0 Å². The molecule has 4 aromatic carbocycles. The lowest BCUT2D eigenvalue weighted by Gasteiger charge is -2.41. The lowest BCUT2D eigenvalue weighted by molar-refractivity contribution is 0.343. The van der Waals surface area contributed by atoms with Crippen molar-refractivity contribution >= 4 is 56.1 Å². The molecule has 0 fully saturated rings. The molecule has 1 aromatic heterocycles. The second-order valence-corrected chi connectivity index (χ2v) is 17.3. The van der Waals surface area contributed by atoms with Crippen LogP contribution in [0, 0.1) is 5.41 Å². The minimum absolute atomic E-state index is 0.0573. The fourth-order valence-electron chi connectivity index (χ4n) is 9.38. The quantitative estimate of drug-likeness (QED) is 0.181. The zero-order valence-corrected chi connectivity index (χ0v) is 32.1. The van der Waals surface area contributed by atoms with Crippen molar-refractivity contribution in [3.63, 3.8) is 0 Å². The maximum Gasteiger partial charge on any atom is 0.158 e. The third kappa shape index (κ3) is 5.09. The SMILES string of the molecule is CN1C(C2(C)C=CC=CC2)=NC(C2=CCC(C)(c3ccccc3)C=C2)=NC1c1ccc(N2c3ccccc3C3=Cc4c(sc5ccccc45)CC32C)cc1. The molecule has 0 amide bonds. The van der Waals surface area contributed by atoms with Gasteiger partial charge in [0.05, 0.1) is 5.54 Å². The largest absolute Gasteiger partial charge is 0.337 e. The van der Waals surface area contributed by atoms with Crippen LogP contribution in [0.25, 0.3) is 21.7 Å². The van der Waals surface area contributed by atoms with E-state index in [4.69, 9.17) is 9.98 Å². The molecule has 0 N–H and O–H groups in total. The van der Waals surface area contributed by atoms with Gasteiger partial charge in [-0.25, -0.2) is 9.98 Å². The summed E-state index contributed by atoms with van der Waals surface area (Å²) in [7, 11) is 2.16. The highest BCUT2D eigenvalue weighted by Crippen LogP contribution is 2.56. The first-order chi connectivity index (χ1) is 26.2. The van der Waals surface area contributed by atoms with Gasteiger partial charge in [-0.2, -0.15) is 0 Å². The predicted molar refractivity (Wildman–Crippen MR) is 229 cm³/mol.